The van der Waals surface area contributed by atoms with Crippen LogP contribution in [0.3, 0.4) is 0 Å². The average molecular weight is 620 g/mol. The molecule has 4 aliphatic rings. The maximum Gasteiger partial charge on any atom is 0.250 e. The van der Waals surface area contributed by atoms with Gasteiger partial charge in [-0.05, 0) is 36.1 Å². The number of halogens is 2. The van der Waals surface area contributed by atoms with Gasteiger partial charge in [-0.25, -0.2) is 0 Å². The molecular weight excluding hydrogens is 583 g/mol. The van der Waals surface area contributed by atoms with Crippen LogP contribution >= 0.6 is 24.8 Å². The molecule has 4 aliphatic heterocycles. The Balaban J connectivity index is 0.00000176. The number of fused-ring (bicyclic) bond motifs is 5. The fourth-order valence-corrected chi connectivity index (χ4v) is 6.72. The average Bonchev–Trinajstić information content (AvgIpc) is 3.41. The number of ether oxygens (including phenoxy) is 2. The molecule has 1 aromatic carbocycles. The minimum atomic E-state index is -0.396. The van der Waals surface area contributed by atoms with E-state index in [-0.39, 0.29) is 42.9 Å². The largest absolute Gasteiger partial charge is 0.502 e. The molecule has 6 heterocycles. The minimum absolute atomic E-state index is 0. The van der Waals surface area contributed by atoms with Crippen LogP contribution in [0.25, 0.3) is 0 Å². The summed E-state index contributed by atoms with van der Waals surface area (Å²) in [5.74, 6) is 2.89. The van der Waals surface area contributed by atoms with Crippen LogP contribution in [0.5, 0.6) is 17.2 Å². The number of benzene rings is 1. The number of nitrogens with zero attached hydrogens (tertiary/aromatic N) is 4. The Bertz CT molecular complexity index is 1540. The van der Waals surface area contributed by atoms with Gasteiger partial charge in [0.15, 0.2) is 17.3 Å². The predicted molar refractivity (Wildman–Crippen MR) is 161 cm³/mol. The number of hydrogen-bond acceptors (Lipinski definition) is 9. The van der Waals surface area contributed by atoms with Gasteiger partial charge in [0.25, 0.3) is 5.56 Å². The van der Waals surface area contributed by atoms with E-state index in [1.54, 1.807) is 6.07 Å². The Kier molecular flexibility index (Phi) is 9.20. The van der Waals surface area contributed by atoms with Crippen molar-refractivity contribution < 1.29 is 19.0 Å². The number of pyridine rings is 1. The molecule has 12 heteroatoms. The molecule has 0 spiro atoms. The van der Waals surface area contributed by atoms with Crippen LogP contribution in [0.4, 0.5) is 0 Å². The first-order chi connectivity index (χ1) is 19.5. The second-order valence-corrected chi connectivity index (χ2v) is 11.5. The molecule has 42 heavy (non-hydrogen) atoms. The first-order valence-corrected chi connectivity index (χ1v) is 14.1. The van der Waals surface area contributed by atoms with Gasteiger partial charge in [-0.3, -0.25) is 24.3 Å². The molecule has 3 aromatic rings. The van der Waals surface area contributed by atoms with E-state index in [0.717, 1.165) is 76.0 Å². The molecular formula is C30H36Cl2N4O6. The zero-order valence-corrected chi connectivity index (χ0v) is 24.9. The van der Waals surface area contributed by atoms with Gasteiger partial charge in [-0.2, -0.15) is 0 Å². The Morgan fingerprint density at radius 3 is 2.38 bits per heavy atom. The summed E-state index contributed by atoms with van der Waals surface area (Å²) < 4.78 is 19.0. The summed E-state index contributed by atoms with van der Waals surface area (Å²) in [6.45, 7) is 7.78. The van der Waals surface area contributed by atoms with E-state index in [2.05, 4.69) is 26.8 Å². The maximum absolute atomic E-state index is 12.7. The topological polar surface area (TPSA) is 101 Å². The van der Waals surface area contributed by atoms with Crippen molar-refractivity contribution in [3.8, 4) is 17.2 Å². The number of piperazine rings is 1. The highest BCUT2D eigenvalue weighted by atomic mass is 35.5. The van der Waals surface area contributed by atoms with E-state index in [0.29, 0.717) is 36.4 Å². The molecule has 2 aromatic heterocycles. The molecule has 0 amide bonds. The van der Waals surface area contributed by atoms with Crippen molar-refractivity contribution >= 4 is 24.8 Å². The minimum Gasteiger partial charge on any atom is -0.502 e. The number of piperidine rings is 1. The van der Waals surface area contributed by atoms with E-state index in [1.165, 1.54) is 11.6 Å². The number of rotatable bonds is 6. The van der Waals surface area contributed by atoms with Crippen molar-refractivity contribution in [1.29, 1.82) is 0 Å². The van der Waals surface area contributed by atoms with Crippen LogP contribution in [0.2, 0.25) is 0 Å². The first kappa shape index (κ1) is 30.4. The van der Waals surface area contributed by atoms with Gasteiger partial charge in [0, 0.05) is 76.1 Å². The van der Waals surface area contributed by atoms with E-state index >= 15 is 0 Å². The molecule has 0 aliphatic carbocycles. The lowest BCUT2D eigenvalue weighted by atomic mass is 9.83. The van der Waals surface area contributed by atoms with Crippen LogP contribution in [0.1, 0.15) is 35.1 Å². The zero-order chi connectivity index (χ0) is 27.2. The summed E-state index contributed by atoms with van der Waals surface area (Å²) in [5, 5.41) is 10.5. The van der Waals surface area contributed by atoms with Gasteiger partial charge < -0.3 is 23.6 Å². The Morgan fingerprint density at radius 1 is 0.810 bits per heavy atom. The normalized spacial score (nSPS) is 21.7. The molecule has 2 saturated heterocycles. The van der Waals surface area contributed by atoms with E-state index in [1.807, 2.05) is 22.8 Å². The zero-order valence-electron chi connectivity index (χ0n) is 23.3. The number of aromatic nitrogens is 1. The molecule has 2 fully saturated rings. The molecule has 0 saturated carbocycles. The highest BCUT2D eigenvalue weighted by molar-refractivity contribution is 5.85. The highest BCUT2D eigenvalue weighted by Crippen LogP contribution is 2.36. The van der Waals surface area contributed by atoms with Gasteiger partial charge in [0.2, 0.25) is 18.0 Å². The van der Waals surface area contributed by atoms with Crippen molar-refractivity contribution in [2.45, 2.75) is 38.5 Å². The molecule has 2 bridgehead atoms. The number of hydrogen-bond donors (Lipinski definition) is 1. The Morgan fingerprint density at radius 2 is 1.57 bits per heavy atom. The van der Waals surface area contributed by atoms with Gasteiger partial charge in [-0.1, -0.05) is 12.1 Å². The molecule has 0 radical (unpaired) electrons. The molecule has 1 N–H and O–H groups in total. The van der Waals surface area contributed by atoms with E-state index in [4.69, 9.17) is 13.9 Å². The molecule has 2 atom stereocenters. The molecule has 2 unspecified atom stereocenters. The summed E-state index contributed by atoms with van der Waals surface area (Å²) >= 11 is 0. The first-order valence-electron chi connectivity index (χ1n) is 14.1. The predicted octanol–water partition coefficient (Wildman–Crippen LogP) is 3.02. The van der Waals surface area contributed by atoms with E-state index < -0.39 is 5.43 Å². The lowest BCUT2D eigenvalue weighted by Gasteiger charge is -2.42. The maximum atomic E-state index is 12.7. The SMILES string of the molecule is Cl.Cl.O=c1cc(CN2CC3CC(C2)c2cccc(=O)n2C3)oc(CN2CCN(Cc3ccc4c(c3)OCO4)CC2)c1O. The summed E-state index contributed by atoms with van der Waals surface area (Å²) in [4.78, 5) is 31.9. The Labute approximate surface area is 256 Å². The van der Waals surface area contributed by atoms with E-state index in [9.17, 15) is 14.7 Å². The van der Waals surface area contributed by atoms with Gasteiger partial charge in [-0.15, -0.1) is 24.8 Å². The third-order valence-corrected chi connectivity index (χ3v) is 8.65. The fourth-order valence-electron chi connectivity index (χ4n) is 6.72. The van der Waals surface area contributed by atoms with Crippen LogP contribution in [-0.4, -0.2) is 70.4 Å². The van der Waals surface area contributed by atoms with Crippen LogP contribution in [0, 0.1) is 5.92 Å². The summed E-state index contributed by atoms with van der Waals surface area (Å²) in [6, 6.07) is 13.0. The standard InChI is InChI=1S/C30H34N4O6.2ClH/c35-25-12-23(17-33-14-21-10-22(16-33)24-2-1-3-29(36)34(24)15-21)40-28(30(25)37)18-32-8-6-31(7-9-32)13-20-4-5-26-27(11-20)39-19-38-26;;/h1-5,11-12,21-22,37H,6-10,13-19H2;2*1H. The lowest BCUT2D eigenvalue weighted by molar-refractivity contribution is 0.100. The van der Waals surface area contributed by atoms with Crippen molar-refractivity contribution in [3.63, 3.8) is 0 Å². The second kappa shape index (κ2) is 12.7. The molecule has 226 valence electrons. The third-order valence-electron chi connectivity index (χ3n) is 8.65. The van der Waals surface area contributed by atoms with Crippen LogP contribution in [0.15, 0.2) is 56.5 Å². The number of likely N-dealkylation sites (tertiary alicyclic amines) is 1. The highest BCUT2D eigenvalue weighted by Gasteiger charge is 2.35. The van der Waals surface area contributed by atoms with Gasteiger partial charge in [0.05, 0.1) is 13.1 Å². The number of aromatic hydroxyl groups is 1. The van der Waals surface area contributed by atoms with Crippen molar-refractivity contribution in [2.75, 3.05) is 46.1 Å². The summed E-state index contributed by atoms with van der Waals surface area (Å²) in [5.41, 5.74) is 1.96. The molecule has 10 nitrogen and oxygen atoms in total. The summed E-state index contributed by atoms with van der Waals surface area (Å²) in [7, 11) is 0. The van der Waals surface area contributed by atoms with Crippen LogP contribution in [-0.2, 0) is 26.2 Å². The van der Waals surface area contributed by atoms with Gasteiger partial charge in [0.1, 0.15) is 5.76 Å². The van der Waals surface area contributed by atoms with Crippen LogP contribution < -0.4 is 20.5 Å². The second-order valence-electron chi connectivity index (χ2n) is 11.5. The third kappa shape index (κ3) is 6.18. The fraction of sp³-hybridized carbons (Fsp3) is 0.467. The monoisotopic (exact) mass is 618 g/mol. The van der Waals surface area contributed by atoms with Crippen molar-refractivity contribution in [1.82, 2.24) is 19.3 Å². The van der Waals surface area contributed by atoms with Gasteiger partial charge >= 0.3 is 0 Å². The molecule has 7 rings (SSSR count). The van der Waals surface area contributed by atoms with Crippen molar-refractivity contribution in [2.24, 2.45) is 5.92 Å². The smallest absolute Gasteiger partial charge is 0.250 e. The van der Waals surface area contributed by atoms with Crippen molar-refractivity contribution in [3.05, 3.63) is 85.8 Å². The quantitative estimate of drug-likeness (QED) is 0.447. The summed E-state index contributed by atoms with van der Waals surface area (Å²) in [6.07, 6.45) is 1.07. The lowest BCUT2D eigenvalue weighted by Crippen LogP contribution is -2.46. The Hall–Kier alpha value is -3.02.